The molecular formula is C19H27N3O2. The molecule has 0 radical (unpaired) electrons. The average molecular weight is 329 g/mol. The minimum atomic E-state index is -0.144. The van der Waals surface area contributed by atoms with Gasteiger partial charge in [0.25, 0.3) is 0 Å². The monoisotopic (exact) mass is 329 g/mol. The van der Waals surface area contributed by atoms with Crippen LogP contribution in [-0.4, -0.2) is 55.2 Å². The predicted molar refractivity (Wildman–Crippen MR) is 94.2 cm³/mol. The number of amides is 1. The van der Waals surface area contributed by atoms with Gasteiger partial charge in [0.15, 0.2) is 0 Å². The van der Waals surface area contributed by atoms with Crippen molar-refractivity contribution >= 4 is 11.6 Å². The van der Waals surface area contributed by atoms with Gasteiger partial charge in [-0.15, -0.1) is 0 Å². The van der Waals surface area contributed by atoms with E-state index in [1.165, 1.54) is 19.3 Å². The summed E-state index contributed by atoms with van der Waals surface area (Å²) in [4.78, 5) is 17.5. The molecule has 2 aliphatic heterocycles. The molecule has 4 rings (SSSR count). The van der Waals surface area contributed by atoms with Crippen LogP contribution in [0.25, 0.3) is 0 Å². The van der Waals surface area contributed by atoms with Crippen LogP contribution in [0, 0.1) is 11.3 Å². The maximum atomic E-state index is 13.3. The van der Waals surface area contributed by atoms with Crippen LogP contribution in [0.4, 0.5) is 5.69 Å². The van der Waals surface area contributed by atoms with Crippen LogP contribution < -0.4 is 10.2 Å². The van der Waals surface area contributed by atoms with Crippen molar-refractivity contribution < 1.29 is 9.90 Å². The number of carbonyl (C=O) groups is 1. The van der Waals surface area contributed by atoms with Gasteiger partial charge in [-0.1, -0.05) is 25.0 Å². The molecule has 1 aromatic rings. The zero-order chi connectivity index (χ0) is 16.6. The number of rotatable bonds is 2. The summed E-state index contributed by atoms with van der Waals surface area (Å²) in [5.41, 5.74) is 0.732. The number of nitrogens with zero attached hydrogens (tertiary/aromatic N) is 2. The summed E-state index contributed by atoms with van der Waals surface area (Å²) in [5.74, 6) is 1.22. The lowest BCUT2D eigenvalue weighted by Gasteiger charge is -2.44. The number of phenolic OH excluding ortho intramolecular Hbond substituents is 1. The molecule has 1 aromatic carbocycles. The number of benzene rings is 1. The SMILES string of the molecule is O=C(N1CCN(c2ccccc2O)CC1)[C@@]12CCCC[C@H]1CNC2. The molecule has 0 spiro atoms. The van der Waals surface area contributed by atoms with Gasteiger partial charge in [0.1, 0.15) is 5.75 Å². The lowest BCUT2D eigenvalue weighted by Crippen LogP contribution is -2.56. The van der Waals surface area contributed by atoms with Crippen molar-refractivity contribution in [3.63, 3.8) is 0 Å². The molecule has 3 aliphatic rings. The molecule has 24 heavy (non-hydrogen) atoms. The van der Waals surface area contributed by atoms with Crippen LogP contribution in [0.3, 0.4) is 0 Å². The van der Waals surface area contributed by atoms with Gasteiger partial charge in [-0.2, -0.15) is 0 Å². The summed E-state index contributed by atoms with van der Waals surface area (Å²) in [7, 11) is 0. The Hall–Kier alpha value is -1.75. The van der Waals surface area contributed by atoms with E-state index in [2.05, 4.69) is 15.1 Å². The molecule has 1 saturated carbocycles. The summed E-state index contributed by atoms with van der Waals surface area (Å²) < 4.78 is 0. The number of carbonyl (C=O) groups excluding carboxylic acids is 1. The van der Waals surface area contributed by atoms with E-state index < -0.39 is 0 Å². The van der Waals surface area contributed by atoms with Crippen molar-refractivity contribution in [2.24, 2.45) is 11.3 Å². The Morgan fingerprint density at radius 2 is 1.96 bits per heavy atom. The first-order valence-electron chi connectivity index (χ1n) is 9.24. The summed E-state index contributed by atoms with van der Waals surface area (Å²) in [6, 6.07) is 7.46. The normalized spacial score (nSPS) is 30.2. The highest BCUT2D eigenvalue weighted by atomic mass is 16.3. The maximum Gasteiger partial charge on any atom is 0.230 e. The van der Waals surface area contributed by atoms with Gasteiger partial charge >= 0.3 is 0 Å². The number of nitrogens with one attached hydrogen (secondary N) is 1. The predicted octanol–water partition coefficient (Wildman–Crippen LogP) is 1.82. The molecule has 2 heterocycles. The van der Waals surface area contributed by atoms with E-state index >= 15 is 0 Å². The number of phenols is 1. The first-order valence-corrected chi connectivity index (χ1v) is 9.24. The standard InChI is InChI=1S/C19H27N3O2/c23-17-7-2-1-6-16(17)21-9-11-22(12-10-21)18(24)19-8-4-3-5-15(19)13-20-14-19/h1-2,6-7,15,20,23H,3-5,8-14H2/t15-,19+/m0/s1. The number of fused-ring (bicyclic) bond motifs is 1. The molecule has 5 nitrogen and oxygen atoms in total. The highest BCUT2D eigenvalue weighted by molar-refractivity contribution is 5.84. The number of hydrogen-bond acceptors (Lipinski definition) is 4. The van der Waals surface area contributed by atoms with E-state index in [4.69, 9.17) is 0 Å². The van der Waals surface area contributed by atoms with Crippen LogP contribution in [0.5, 0.6) is 5.75 Å². The molecular weight excluding hydrogens is 302 g/mol. The Kier molecular flexibility index (Phi) is 4.12. The molecule has 2 saturated heterocycles. The lowest BCUT2D eigenvalue weighted by molar-refractivity contribution is -0.145. The minimum Gasteiger partial charge on any atom is -0.506 e. The molecule has 1 aliphatic carbocycles. The molecule has 3 fully saturated rings. The number of para-hydroxylation sites is 2. The fourth-order valence-electron chi connectivity index (χ4n) is 4.87. The van der Waals surface area contributed by atoms with Crippen LogP contribution in [-0.2, 0) is 4.79 Å². The highest BCUT2D eigenvalue weighted by Gasteiger charge is 2.51. The molecule has 130 valence electrons. The van der Waals surface area contributed by atoms with E-state index in [9.17, 15) is 9.90 Å². The van der Waals surface area contributed by atoms with Gasteiger partial charge in [-0.25, -0.2) is 0 Å². The number of aromatic hydroxyl groups is 1. The Morgan fingerprint density at radius 3 is 2.75 bits per heavy atom. The summed E-state index contributed by atoms with van der Waals surface area (Å²) in [6.07, 6.45) is 4.68. The van der Waals surface area contributed by atoms with E-state index in [-0.39, 0.29) is 5.41 Å². The second kappa shape index (κ2) is 6.28. The quantitative estimate of drug-likeness (QED) is 0.869. The number of hydrogen-bond donors (Lipinski definition) is 2. The van der Waals surface area contributed by atoms with E-state index in [0.717, 1.165) is 51.4 Å². The second-order valence-electron chi connectivity index (χ2n) is 7.50. The third kappa shape index (κ3) is 2.55. The van der Waals surface area contributed by atoms with Gasteiger partial charge in [0, 0.05) is 32.7 Å². The minimum absolute atomic E-state index is 0.144. The fraction of sp³-hybridized carbons (Fsp3) is 0.632. The molecule has 1 amide bonds. The third-order valence-corrected chi connectivity index (χ3v) is 6.25. The molecule has 5 heteroatoms. The smallest absolute Gasteiger partial charge is 0.230 e. The van der Waals surface area contributed by atoms with Crippen LogP contribution in [0.2, 0.25) is 0 Å². The molecule has 2 atom stereocenters. The van der Waals surface area contributed by atoms with E-state index in [1.807, 2.05) is 18.2 Å². The van der Waals surface area contributed by atoms with Crippen LogP contribution >= 0.6 is 0 Å². The van der Waals surface area contributed by atoms with Gasteiger partial charge in [-0.05, 0) is 37.4 Å². The Morgan fingerprint density at radius 1 is 1.17 bits per heavy atom. The average Bonchev–Trinajstić information content (AvgIpc) is 3.07. The zero-order valence-corrected chi connectivity index (χ0v) is 14.2. The summed E-state index contributed by atoms with van der Waals surface area (Å²) in [5, 5.41) is 13.5. The van der Waals surface area contributed by atoms with Crippen molar-refractivity contribution in [3.05, 3.63) is 24.3 Å². The topological polar surface area (TPSA) is 55.8 Å². The van der Waals surface area contributed by atoms with E-state index in [0.29, 0.717) is 17.6 Å². The molecule has 0 unspecified atom stereocenters. The summed E-state index contributed by atoms with van der Waals surface area (Å²) >= 11 is 0. The van der Waals surface area contributed by atoms with Crippen LogP contribution in [0.1, 0.15) is 25.7 Å². The summed E-state index contributed by atoms with van der Waals surface area (Å²) in [6.45, 7) is 4.94. The van der Waals surface area contributed by atoms with E-state index in [1.54, 1.807) is 6.07 Å². The van der Waals surface area contributed by atoms with Crippen molar-refractivity contribution in [2.75, 3.05) is 44.2 Å². The first kappa shape index (κ1) is 15.8. The first-order chi connectivity index (χ1) is 11.7. The van der Waals surface area contributed by atoms with Gasteiger partial charge in [-0.3, -0.25) is 4.79 Å². The van der Waals surface area contributed by atoms with Crippen molar-refractivity contribution in [3.8, 4) is 5.75 Å². The maximum absolute atomic E-state index is 13.3. The van der Waals surface area contributed by atoms with Crippen molar-refractivity contribution in [1.82, 2.24) is 10.2 Å². The highest BCUT2D eigenvalue weighted by Crippen LogP contribution is 2.45. The van der Waals surface area contributed by atoms with Gasteiger partial charge < -0.3 is 20.2 Å². The fourth-order valence-corrected chi connectivity index (χ4v) is 4.87. The van der Waals surface area contributed by atoms with Gasteiger partial charge in [0.2, 0.25) is 5.91 Å². The molecule has 2 N–H and O–H groups in total. The lowest BCUT2D eigenvalue weighted by atomic mass is 9.67. The number of piperazine rings is 1. The number of anilines is 1. The Bertz CT molecular complexity index is 612. The Balaban J connectivity index is 1.44. The van der Waals surface area contributed by atoms with Crippen LogP contribution in [0.15, 0.2) is 24.3 Å². The van der Waals surface area contributed by atoms with Crippen molar-refractivity contribution in [2.45, 2.75) is 25.7 Å². The molecule has 0 aromatic heterocycles. The largest absolute Gasteiger partial charge is 0.506 e. The Labute approximate surface area is 143 Å². The second-order valence-corrected chi connectivity index (χ2v) is 7.50. The van der Waals surface area contributed by atoms with Crippen molar-refractivity contribution in [1.29, 1.82) is 0 Å². The zero-order valence-electron chi connectivity index (χ0n) is 14.2. The third-order valence-electron chi connectivity index (χ3n) is 6.25. The van der Waals surface area contributed by atoms with Gasteiger partial charge in [0.05, 0.1) is 11.1 Å². The molecule has 0 bridgehead atoms.